The highest BCUT2D eigenvalue weighted by Crippen LogP contribution is 2.49. The van der Waals surface area contributed by atoms with Gasteiger partial charge in [0.1, 0.15) is 5.70 Å². The van der Waals surface area contributed by atoms with Crippen molar-refractivity contribution in [3.63, 3.8) is 0 Å². The third-order valence-corrected chi connectivity index (χ3v) is 7.02. The molecule has 2 aromatic rings. The lowest BCUT2D eigenvalue weighted by molar-refractivity contribution is -0.115. The maximum Gasteiger partial charge on any atom is 0.326 e. The van der Waals surface area contributed by atoms with Gasteiger partial charge in [0, 0.05) is 5.56 Å². The first kappa shape index (κ1) is 22.9. The highest BCUT2D eigenvalue weighted by Gasteiger charge is 2.37. The summed E-state index contributed by atoms with van der Waals surface area (Å²) in [5.41, 5.74) is 6.96. The molecule has 2 aliphatic rings. The second kappa shape index (κ2) is 7.94. The Morgan fingerprint density at radius 2 is 1.48 bits per heavy atom. The number of imide groups is 1. The molecule has 1 fully saturated rings. The molecule has 6 heteroatoms. The fourth-order valence-electron chi connectivity index (χ4n) is 4.93. The van der Waals surface area contributed by atoms with Gasteiger partial charge in [0.15, 0.2) is 11.5 Å². The summed E-state index contributed by atoms with van der Waals surface area (Å²) in [4.78, 5) is 23.6. The van der Waals surface area contributed by atoms with E-state index in [9.17, 15) is 9.59 Å². The molecule has 1 heterocycles. The molecule has 2 N–H and O–H groups in total. The fourth-order valence-corrected chi connectivity index (χ4v) is 4.93. The molecule has 1 aliphatic heterocycles. The maximum absolute atomic E-state index is 12.0. The van der Waals surface area contributed by atoms with E-state index in [-0.39, 0.29) is 16.5 Å². The number of carbonyl (C=O) groups is 2. The minimum atomic E-state index is -0.526. The Morgan fingerprint density at radius 3 is 2.03 bits per heavy atom. The zero-order chi connectivity index (χ0) is 24.1. The summed E-state index contributed by atoms with van der Waals surface area (Å²) in [5, 5.41) is 4.77. The second-order valence-electron chi connectivity index (χ2n) is 10.3. The number of fused-ring (bicyclic) bond motifs is 1. The summed E-state index contributed by atoms with van der Waals surface area (Å²) in [7, 11) is 3.22. The molecule has 0 spiro atoms. The van der Waals surface area contributed by atoms with Crippen LogP contribution in [-0.2, 0) is 15.6 Å². The van der Waals surface area contributed by atoms with Crippen molar-refractivity contribution in [3.8, 4) is 22.6 Å². The van der Waals surface area contributed by atoms with E-state index in [1.807, 2.05) is 6.07 Å². The summed E-state index contributed by atoms with van der Waals surface area (Å²) >= 11 is 0. The van der Waals surface area contributed by atoms with E-state index in [0.29, 0.717) is 11.5 Å². The number of amides is 3. The second-order valence-corrected chi connectivity index (χ2v) is 10.3. The van der Waals surface area contributed by atoms with E-state index in [2.05, 4.69) is 57.4 Å². The van der Waals surface area contributed by atoms with Gasteiger partial charge in [0.05, 0.1) is 14.2 Å². The molecule has 1 aliphatic carbocycles. The third-order valence-electron chi connectivity index (χ3n) is 7.02. The van der Waals surface area contributed by atoms with Crippen molar-refractivity contribution in [1.29, 1.82) is 0 Å². The summed E-state index contributed by atoms with van der Waals surface area (Å²) in [6.07, 6.45) is 3.92. The Hall–Kier alpha value is -3.28. The molecule has 2 aromatic carbocycles. The zero-order valence-electron chi connectivity index (χ0n) is 20.4. The SMILES string of the molecule is COc1cc(/C=C2\NC(=O)NC2=O)cc(-c2cc3c(cc2C)C(C)(C)CCC3(C)C)c1OC. The van der Waals surface area contributed by atoms with Crippen LogP contribution in [0.3, 0.4) is 0 Å². The molecule has 0 aromatic heterocycles. The molecule has 0 radical (unpaired) electrons. The number of methoxy groups -OCH3 is 2. The number of urea groups is 1. The van der Waals surface area contributed by atoms with Crippen LogP contribution in [-0.4, -0.2) is 26.2 Å². The Balaban J connectivity index is 1.94. The van der Waals surface area contributed by atoms with Gasteiger partial charge in [-0.3, -0.25) is 10.1 Å². The molecule has 0 bridgehead atoms. The van der Waals surface area contributed by atoms with E-state index in [0.717, 1.165) is 35.1 Å². The monoisotopic (exact) mass is 448 g/mol. The van der Waals surface area contributed by atoms with Gasteiger partial charge in [0.2, 0.25) is 0 Å². The number of hydrogen-bond donors (Lipinski definition) is 2. The number of rotatable bonds is 4. The summed E-state index contributed by atoms with van der Waals surface area (Å²) in [6.45, 7) is 11.4. The van der Waals surface area contributed by atoms with Crippen LogP contribution >= 0.6 is 0 Å². The molecule has 1 saturated heterocycles. The predicted molar refractivity (Wildman–Crippen MR) is 130 cm³/mol. The number of carbonyl (C=O) groups excluding carboxylic acids is 2. The number of nitrogens with one attached hydrogen (secondary N) is 2. The fraction of sp³-hybridized carbons (Fsp3) is 0.407. The predicted octanol–water partition coefficient (Wildman–Crippen LogP) is 5.21. The van der Waals surface area contributed by atoms with Gasteiger partial charge >= 0.3 is 6.03 Å². The van der Waals surface area contributed by atoms with E-state index in [4.69, 9.17) is 9.47 Å². The maximum atomic E-state index is 12.0. The Morgan fingerprint density at radius 1 is 0.848 bits per heavy atom. The van der Waals surface area contributed by atoms with Crippen molar-refractivity contribution < 1.29 is 19.1 Å². The molecular weight excluding hydrogens is 416 g/mol. The van der Waals surface area contributed by atoms with Crippen LogP contribution in [0.5, 0.6) is 11.5 Å². The molecule has 0 saturated carbocycles. The topological polar surface area (TPSA) is 76.7 Å². The van der Waals surface area contributed by atoms with Crippen molar-refractivity contribution in [2.45, 2.75) is 58.3 Å². The van der Waals surface area contributed by atoms with Crippen molar-refractivity contribution in [1.82, 2.24) is 10.6 Å². The van der Waals surface area contributed by atoms with Gasteiger partial charge in [-0.1, -0.05) is 33.8 Å². The van der Waals surface area contributed by atoms with E-state index < -0.39 is 11.9 Å². The summed E-state index contributed by atoms with van der Waals surface area (Å²) in [6, 6.07) is 7.86. The lowest BCUT2D eigenvalue weighted by atomic mass is 9.62. The molecule has 174 valence electrons. The highest BCUT2D eigenvalue weighted by atomic mass is 16.5. The Kier molecular flexibility index (Phi) is 5.51. The number of hydrogen-bond acceptors (Lipinski definition) is 4. The number of ether oxygens (including phenoxy) is 2. The van der Waals surface area contributed by atoms with Gasteiger partial charge in [-0.05, 0) is 82.7 Å². The molecule has 6 nitrogen and oxygen atoms in total. The largest absolute Gasteiger partial charge is 0.493 e. The molecular formula is C27H32N2O4. The standard InChI is InChI=1S/C27H32N2O4/c1-15-10-19-20(27(4,5)9-8-26(19,2)3)14-17(15)18-11-16(13-22(32-6)23(18)33-7)12-21-24(30)29-25(31)28-21/h10-14H,8-9H2,1-7H3,(H2,28,29,30,31)/b21-12-. The van der Waals surface area contributed by atoms with E-state index in [1.54, 1.807) is 26.4 Å². The first-order chi connectivity index (χ1) is 15.5. The van der Waals surface area contributed by atoms with Gasteiger partial charge in [-0.25, -0.2) is 4.79 Å². The molecule has 0 unspecified atom stereocenters. The van der Waals surface area contributed by atoms with Crippen LogP contribution < -0.4 is 20.1 Å². The lowest BCUT2D eigenvalue weighted by Crippen LogP contribution is -2.34. The Bertz CT molecular complexity index is 1190. The van der Waals surface area contributed by atoms with Crippen molar-refractivity contribution in [2.75, 3.05) is 14.2 Å². The summed E-state index contributed by atoms with van der Waals surface area (Å²) < 4.78 is 11.4. The zero-order valence-corrected chi connectivity index (χ0v) is 20.4. The van der Waals surface area contributed by atoms with Crippen LogP contribution in [0.25, 0.3) is 17.2 Å². The lowest BCUT2D eigenvalue weighted by Gasteiger charge is -2.42. The minimum Gasteiger partial charge on any atom is -0.493 e. The average Bonchev–Trinajstić information content (AvgIpc) is 3.07. The van der Waals surface area contributed by atoms with Crippen molar-refractivity contribution >= 4 is 18.0 Å². The number of benzene rings is 2. The van der Waals surface area contributed by atoms with Gasteiger partial charge in [0.25, 0.3) is 5.91 Å². The van der Waals surface area contributed by atoms with Crippen molar-refractivity contribution in [3.05, 3.63) is 52.2 Å². The van der Waals surface area contributed by atoms with E-state index >= 15 is 0 Å². The van der Waals surface area contributed by atoms with Gasteiger partial charge in [-0.15, -0.1) is 0 Å². The molecule has 3 amide bonds. The molecule has 33 heavy (non-hydrogen) atoms. The average molecular weight is 449 g/mol. The molecule has 4 rings (SSSR count). The van der Waals surface area contributed by atoms with Crippen LogP contribution in [0.15, 0.2) is 30.0 Å². The molecule has 0 atom stereocenters. The van der Waals surface area contributed by atoms with Crippen molar-refractivity contribution in [2.24, 2.45) is 0 Å². The summed E-state index contributed by atoms with van der Waals surface area (Å²) in [5.74, 6) is 0.740. The Labute approximate surface area is 195 Å². The highest BCUT2D eigenvalue weighted by molar-refractivity contribution is 6.14. The van der Waals surface area contributed by atoms with Crippen LogP contribution in [0, 0.1) is 6.92 Å². The van der Waals surface area contributed by atoms with Gasteiger partial charge in [-0.2, -0.15) is 0 Å². The first-order valence-electron chi connectivity index (χ1n) is 11.2. The third kappa shape index (κ3) is 3.99. The number of aryl methyl sites for hydroxylation is 1. The normalized spacial score (nSPS) is 19.7. The van der Waals surface area contributed by atoms with E-state index in [1.165, 1.54) is 11.1 Å². The minimum absolute atomic E-state index is 0.0659. The first-order valence-corrected chi connectivity index (χ1v) is 11.2. The van der Waals surface area contributed by atoms with Crippen LogP contribution in [0.1, 0.15) is 62.8 Å². The van der Waals surface area contributed by atoms with Crippen LogP contribution in [0.2, 0.25) is 0 Å². The quantitative estimate of drug-likeness (QED) is 0.497. The van der Waals surface area contributed by atoms with Gasteiger partial charge < -0.3 is 14.8 Å². The van der Waals surface area contributed by atoms with Crippen LogP contribution in [0.4, 0.5) is 4.79 Å². The smallest absolute Gasteiger partial charge is 0.326 e.